The third kappa shape index (κ3) is 6.12. The van der Waals surface area contributed by atoms with Gasteiger partial charge in [-0.05, 0) is 6.42 Å². The van der Waals surface area contributed by atoms with Crippen molar-refractivity contribution in [2.24, 2.45) is 0 Å². The predicted molar refractivity (Wildman–Crippen MR) is 38.1 cm³/mol. The molecule has 8 heavy (non-hydrogen) atoms. The third-order valence-electron chi connectivity index (χ3n) is 0.606. The highest BCUT2D eigenvalue weighted by Crippen LogP contribution is 2.02. The molecule has 1 N–H and O–H groups in total. The summed E-state index contributed by atoms with van der Waals surface area (Å²) in [6.45, 7) is 2.99. The number of hydrogen-bond acceptors (Lipinski definition) is 1. The van der Waals surface area contributed by atoms with E-state index in [-0.39, 0.29) is 4.49 Å². The van der Waals surface area contributed by atoms with Gasteiger partial charge in [0.25, 0.3) is 0 Å². The second-order valence-corrected chi connectivity index (χ2v) is 2.40. The van der Waals surface area contributed by atoms with Crippen LogP contribution in [0.15, 0.2) is 10.7 Å². The molecule has 0 bridgehead atoms. The van der Waals surface area contributed by atoms with Gasteiger partial charge in [-0.1, -0.05) is 30.1 Å². The molecule has 0 aliphatic carbocycles. The minimum absolute atomic E-state index is 0.276. The zero-order valence-electron chi connectivity index (χ0n) is 4.75. The fourth-order valence-corrected chi connectivity index (χ4v) is 0.448. The number of halogens is 2. The summed E-state index contributed by atoms with van der Waals surface area (Å²) in [7, 11) is 0. The van der Waals surface area contributed by atoms with E-state index >= 15 is 0 Å². The Hall–Kier alpha value is 0.120. The van der Waals surface area contributed by atoms with Crippen molar-refractivity contribution >= 4 is 23.2 Å². The van der Waals surface area contributed by atoms with E-state index in [0.717, 1.165) is 13.0 Å². The van der Waals surface area contributed by atoms with Crippen molar-refractivity contribution in [1.82, 2.24) is 5.32 Å². The lowest BCUT2D eigenvalue weighted by atomic mass is 10.5. The molecule has 48 valence electrons. The van der Waals surface area contributed by atoms with Crippen LogP contribution in [0.5, 0.6) is 0 Å². The van der Waals surface area contributed by atoms with Crippen LogP contribution >= 0.6 is 23.2 Å². The molecule has 3 heteroatoms. The molecule has 0 aromatic carbocycles. The molecular formula is C5H9Cl2N. The Morgan fingerprint density at radius 2 is 2.25 bits per heavy atom. The molecule has 0 atom stereocenters. The SMILES string of the molecule is CCCNC=C(Cl)Cl. The van der Waals surface area contributed by atoms with E-state index in [9.17, 15) is 0 Å². The fourth-order valence-electron chi connectivity index (χ4n) is 0.294. The summed E-state index contributed by atoms with van der Waals surface area (Å²) < 4.78 is 0.276. The number of hydrogen-bond donors (Lipinski definition) is 1. The van der Waals surface area contributed by atoms with Crippen molar-refractivity contribution in [3.63, 3.8) is 0 Å². The van der Waals surface area contributed by atoms with Crippen LogP contribution in [0.3, 0.4) is 0 Å². The summed E-state index contributed by atoms with van der Waals surface area (Å²) in [5.41, 5.74) is 0. The largest absolute Gasteiger partial charge is 0.389 e. The first-order chi connectivity index (χ1) is 3.77. The van der Waals surface area contributed by atoms with E-state index in [0.29, 0.717) is 0 Å². The normalized spacial score (nSPS) is 8.38. The maximum absolute atomic E-state index is 5.28. The minimum Gasteiger partial charge on any atom is -0.389 e. The summed E-state index contributed by atoms with van der Waals surface area (Å²) in [4.78, 5) is 0. The minimum atomic E-state index is 0.276. The van der Waals surface area contributed by atoms with Gasteiger partial charge in [0.15, 0.2) is 0 Å². The lowest BCUT2D eigenvalue weighted by molar-refractivity contribution is 0.809. The quantitative estimate of drug-likeness (QED) is 0.614. The average Bonchev–Trinajstić information content (AvgIpc) is 1.66. The molecule has 0 aromatic heterocycles. The molecule has 0 rings (SSSR count). The monoisotopic (exact) mass is 153 g/mol. The van der Waals surface area contributed by atoms with Gasteiger partial charge in [-0.3, -0.25) is 0 Å². The Bertz CT molecular complexity index is 76.5. The molecule has 0 aliphatic heterocycles. The van der Waals surface area contributed by atoms with Crippen molar-refractivity contribution < 1.29 is 0 Å². The van der Waals surface area contributed by atoms with Gasteiger partial charge in [0.2, 0.25) is 0 Å². The summed E-state index contributed by atoms with van der Waals surface area (Å²) in [6, 6.07) is 0. The van der Waals surface area contributed by atoms with Gasteiger partial charge in [0.05, 0.1) is 0 Å². The Balaban J connectivity index is 3.03. The zero-order valence-corrected chi connectivity index (χ0v) is 6.26. The molecule has 0 unspecified atom stereocenters. The average molecular weight is 154 g/mol. The van der Waals surface area contributed by atoms with Gasteiger partial charge in [-0.15, -0.1) is 0 Å². The molecule has 0 spiro atoms. The summed E-state index contributed by atoms with van der Waals surface area (Å²) >= 11 is 10.6. The van der Waals surface area contributed by atoms with Crippen LogP contribution in [0.1, 0.15) is 13.3 Å². The van der Waals surface area contributed by atoms with Crippen LogP contribution in [0.4, 0.5) is 0 Å². The maximum atomic E-state index is 5.28. The lowest BCUT2D eigenvalue weighted by Crippen LogP contribution is -2.04. The number of rotatable bonds is 3. The molecule has 0 heterocycles. The second-order valence-electron chi connectivity index (χ2n) is 1.39. The Kier molecular flexibility index (Phi) is 5.34. The van der Waals surface area contributed by atoms with Gasteiger partial charge >= 0.3 is 0 Å². The molecule has 0 aliphatic rings. The smallest absolute Gasteiger partial charge is 0.122 e. The molecule has 0 aromatic rings. The first-order valence-electron chi connectivity index (χ1n) is 2.52. The van der Waals surface area contributed by atoms with Crippen LogP contribution in [-0.4, -0.2) is 6.54 Å². The third-order valence-corrected chi connectivity index (χ3v) is 0.824. The van der Waals surface area contributed by atoms with E-state index < -0.39 is 0 Å². The van der Waals surface area contributed by atoms with Gasteiger partial charge < -0.3 is 5.32 Å². The van der Waals surface area contributed by atoms with Crippen molar-refractivity contribution in [3.05, 3.63) is 10.7 Å². The topological polar surface area (TPSA) is 12.0 Å². The van der Waals surface area contributed by atoms with Crippen LogP contribution in [0.2, 0.25) is 0 Å². The Labute approximate surface area is 59.7 Å². The highest BCUT2D eigenvalue weighted by molar-refractivity contribution is 6.55. The van der Waals surface area contributed by atoms with Crippen molar-refractivity contribution in [1.29, 1.82) is 0 Å². The zero-order chi connectivity index (χ0) is 6.41. The first kappa shape index (κ1) is 8.12. The summed E-state index contributed by atoms with van der Waals surface area (Å²) in [6.07, 6.45) is 2.66. The summed E-state index contributed by atoms with van der Waals surface area (Å²) in [5.74, 6) is 0. The fraction of sp³-hybridized carbons (Fsp3) is 0.600. The van der Waals surface area contributed by atoms with Crippen LogP contribution in [-0.2, 0) is 0 Å². The van der Waals surface area contributed by atoms with Crippen molar-refractivity contribution in [2.45, 2.75) is 13.3 Å². The molecule has 0 fully saturated rings. The van der Waals surface area contributed by atoms with Gasteiger partial charge in [0.1, 0.15) is 4.49 Å². The molecule has 0 radical (unpaired) electrons. The molecular weight excluding hydrogens is 145 g/mol. The maximum Gasteiger partial charge on any atom is 0.122 e. The van der Waals surface area contributed by atoms with E-state index in [1.807, 2.05) is 0 Å². The van der Waals surface area contributed by atoms with E-state index in [2.05, 4.69) is 12.2 Å². The van der Waals surface area contributed by atoms with Gasteiger partial charge in [0, 0.05) is 12.7 Å². The summed E-state index contributed by atoms with van der Waals surface area (Å²) in [5, 5.41) is 2.91. The van der Waals surface area contributed by atoms with Crippen molar-refractivity contribution in [2.75, 3.05) is 6.54 Å². The Morgan fingerprint density at radius 3 is 2.62 bits per heavy atom. The highest BCUT2D eigenvalue weighted by atomic mass is 35.5. The first-order valence-corrected chi connectivity index (χ1v) is 3.27. The van der Waals surface area contributed by atoms with Crippen LogP contribution in [0, 0.1) is 0 Å². The molecule has 0 saturated carbocycles. The van der Waals surface area contributed by atoms with E-state index in [4.69, 9.17) is 23.2 Å². The van der Waals surface area contributed by atoms with Crippen LogP contribution in [0.25, 0.3) is 0 Å². The predicted octanol–water partition coefficient (Wildman–Crippen LogP) is 2.26. The lowest BCUT2D eigenvalue weighted by Gasteiger charge is -1.92. The van der Waals surface area contributed by atoms with E-state index in [1.54, 1.807) is 6.20 Å². The highest BCUT2D eigenvalue weighted by Gasteiger charge is 1.78. The van der Waals surface area contributed by atoms with Gasteiger partial charge in [-0.2, -0.15) is 0 Å². The van der Waals surface area contributed by atoms with E-state index in [1.165, 1.54) is 0 Å². The molecule has 0 saturated heterocycles. The second kappa shape index (κ2) is 5.26. The van der Waals surface area contributed by atoms with Crippen molar-refractivity contribution in [3.8, 4) is 0 Å². The van der Waals surface area contributed by atoms with Gasteiger partial charge in [-0.25, -0.2) is 0 Å². The number of nitrogens with one attached hydrogen (secondary N) is 1. The van der Waals surface area contributed by atoms with Crippen LogP contribution < -0.4 is 5.32 Å². The standard InChI is InChI=1S/C5H9Cl2N/c1-2-3-8-4-5(6)7/h4,8H,2-3H2,1H3. The molecule has 1 nitrogen and oxygen atoms in total. The Morgan fingerprint density at radius 1 is 1.62 bits per heavy atom. The molecule has 0 amide bonds.